The molecule has 2 aliphatic heterocycles. The second kappa shape index (κ2) is 6.02. The third-order valence-corrected chi connectivity index (χ3v) is 4.71. The average molecular weight is 254 g/mol. The van der Waals surface area contributed by atoms with Gasteiger partial charge in [0.2, 0.25) is 5.91 Å². The minimum atomic E-state index is 0.0383. The van der Waals surface area contributed by atoms with Gasteiger partial charge in [-0.05, 0) is 37.6 Å². The molecule has 4 heteroatoms. The Bertz CT molecular complexity index is 296. The number of nitrogens with zero attached hydrogens (tertiary/aromatic N) is 1. The highest BCUT2D eigenvalue weighted by Crippen LogP contribution is 2.26. The second-order valence-electron chi connectivity index (χ2n) is 5.99. The number of piperidine rings is 1. The van der Waals surface area contributed by atoms with Crippen LogP contribution in [-0.4, -0.2) is 47.7 Å². The summed E-state index contributed by atoms with van der Waals surface area (Å²) in [6, 6.07) is 0.359. The van der Waals surface area contributed by atoms with Crippen molar-refractivity contribution in [2.75, 3.05) is 19.7 Å². The van der Waals surface area contributed by atoms with Crippen LogP contribution in [-0.2, 0) is 4.79 Å². The quantitative estimate of drug-likeness (QED) is 0.790. The Hall–Kier alpha value is -0.610. The Morgan fingerprint density at radius 1 is 1.33 bits per heavy atom. The molecule has 0 aliphatic carbocycles. The van der Waals surface area contributed by atoms with E-state index in [2.05, 4.69) is 19.2 Å². The first kappa shape index (κ1) is 13.8. The molecule has 0 spiro atoms. The lowest BCUT2D eigenvalue weighted by Crippen LogP contribution is -2.46. The number of likely N-dealkylation sites (tertiary alicyclic amines) is 1. The number of carbonyl (C=O) groups excluding carboxylic acids is 1. The molecule has 2 heterocycles. The SMILES string of the molecule is CC1CCCNC1CC(=O)N1CCC(C)C1CO. The van der Waals surface area contributed by atoms with E-state index in [1.54, 1.807) is 0 Å². The van der Waals surface area contributed by atoms with Crippen LogP contribution in [0.15, 0.2) is 0 Å². The molecule has 2 aliphatic rings. The number of carbonyl (C=O) groups is 1. The van der Waals surface area contributed by atoms with Gasteiger partial charge in [0.1, 0.15) is 0 Å². The first-order valence-corrected chi connectivity index (χ1v) is 7.27. The van der Waals surface area contributed by atoms with Crippen molar-refractivity contribution in [3.05, 3.63) is 0 Å². The normalized spacial score (nSPS) is 36.9. The van der Waals surface area contributed by atoms with Gasteiger partial charge in [-0.25, -0.2) is 0 Å². The fourth-order valence-corrected chi connectivity index (χ4v) is 3.29. The van der Waals surface area contributed by atoms with Gasteiger partial charge in [-0.2, -0.15) is 0 Å². The lowest BCUT2D eigenvalue weighted by Gasteiger charge is -2.32. The molecule has 2 N–H and O–H groups in total. The van der Waals surface area contributed by atoms with Crippen LogP contribution in [0.25, 0.3) is 0 Å². The molecule has 0 aromatic carbocycles. The molecule has 1 amide bonds. The van der Waals surface area contributed by atoms with Crippen LogP contribution in [0.5, 0.6) is 0 Å². The predicted octanol–water partition coefficient (Wildman–Crippen LogP) is 0.994. The van der Waals surface area contributed by atoms with Gasteiger partial charge in [0.05, 0.1) is 12.6 Å². The lowest BCUT2D eigenvalue weighted by molar-refractivity contribution is -0.134. The highest BCUT2D eigenvalue weighted by Gasteiger charge is 2.35. The van der Waals surface area contributed by atoms with Gasteiger partial charge in [-0.3, -0.25) is 4.79 Å². The van der Waals surface area contributed by atoms with Crippen molar-refractivity contribution in [1.29, 1.82) is 0 Å². The van der Waals surface area contributed by atoms with E-state index in [1.807, 2.05) is 4.90 Å². The van der Waals surface area contributed by atoms with Crippen LogP contribution < -0.4 is 5.32 Å². The van der Waals surface area contributed by atoms with Gasteiger partial charge >= 0.3 is 0 Å². The number of nitrogens with one attached hydrogen (secondary N) is 1. The summed E-state index contributed by atoms with van der Waals surface area (Å²) in [4.78, 5) is 14.2. The van der Waals surface area contributed by atoms with Gasteiger partial charge in [0, 0.05) is 19.0 Å². The maximum atomic E-state index is 12.3. The van der Waals surface area contributed by atoms with Gasteiger partial charge in [0.15, 0.2) is 0 Å². The summed E-state index contributed by atoms with van der Waals surface area (Å²) in [7, 11) is 0. The van der Waals surface area contributed by atoms with Crippen molar-refractivity contribution < 1.29 is 9.90 Å². The highest BCUT2D eigenvalue weighted by atomic mass is 16.3. The molecule has 0 radical (unpaired) electrons. The van der Waals surface area contributed by atoms with Crippen LogP contribution >= 0.6 is 0 Å². The van der Waals surface area contributed by atoms with Crippen molar-refractivity contribution in [1.82, 2.24) is 10.2 Å². The molecule has 2 fully saturated rings. The van der Waals surface area contributed by atoms with Crippen LogP contribution in [0.1, 0.15) is 39.5 Å². The number of aliphatic hydroxyl groups excluding tert-OH is 1. The number of rotatable bonds is 3. The fourth-order valence-electron chi connectivity index (χ4n) is 3.29. The molecule has 18 heavy (non-hydrogen) atoms. The maximum Gasteiger partial charge on any atom is 0.224 e. The summed E-state index contributed by atoms with van der Waals surface area (Å²) in [5, 5.41) is 12.9. The molecule has 104 valence electrons. The Morgan fingerprint density at radius 3 is 2.78 bits per heavy atom. The summed E-state index contributed by atoms with van der Waals surface area (Å²) >= 11 is 0. The van der Waals surface area contributed by atoms with Crippen LogP contribution in [0, 0.1) is 11.8 Å². The molecule has 0 saturated carbocycles. The molecule has 2 rings (SSSR count). The van der Waals surface area contributed by atoms with Gasteiger partial charge in [-0.15, -0.1) is 0 Å². The third-order valence-electron chi connectivity index (χ3n) is 4.71. The monoisotopic (exact) mass is 254 g/mol. The van der Waals surface area contributed by atoms with Crippen molar-refractivity contribution in [2.24, 2.45) is 11.8 Å². The largest absolute Gasteiger partial charge is 0.394 e. The van der Waals surface area contributed by atoms with E-state index in [0.29, 0.717) is 24.3 Å². The van der Waals surface area contributed by atoms with E-state index in [0.717, 1.165) is 19.5 Å². The molecule has 4 nitrogen and oxygen atoms in total. The lowest BCUT2D eigenvalue weighted by atomic mass is 9.90. The zero-order valence-electron chi connectivity index (χ0n) is 11.6. The molecule has 4 atom stereocenters. The Morgan fingerprint density at radius 2 is 2.11 bits per heavy atom. The summed E-state index contributed by atoms with van der Waals surface area (Å²) in [6.07, 6.45) is 4.03. The molecule has 0 aromatic rings. The van der Waals surface area contributed by atoms with Crippen molar-refractivity contribution in [3.63, 3.8) is 0 Å². The zero-order chi connectivity index (χ0) is 13.1. The molecule has 4 unspecified atom stereocenters. The predicted molar refractivity (Wildman–Crippen MR) is 71.2 cm³/mol. The number of aliphatic hydroxyl groups is 1. The highest BCUT2D eigenvalue weighted by molar-refractivity contribution is 5.77. The summed E-state index contributed by atoms with van der Waals surface area (Å²) < 4.78 is 0. The topological polar surface area (TPSA) is 52.6 Å². The minimum Gasteiger partial charge on any atom is -0.394 e. The maximum absolute atomic E-state index is 12.3. The summed E-state index contributed by atoms with van der Waals surface area (Å²) in [5.74, 6) is 1.22. The van der Waals surface area contributed by atoms with Crippen LogP contribution in [0.3, 0.4) is 0 Å². The zero-order valence-corrected chi connectivity index (χ0v) is 11.6. The van der Waals surface area contributed by atoms with Crippen molar-refractivity contribution >= 4 is 5.91 Å². The smallest absolute Gasteiger partial charge is 0.224 e. The fraction of sp³-hybridized carbons (Fsp3) is 0.929. The van der Waals surface area contributed by atoms with Crippen molar-refractivity contribution in [2.45, 2.75) is 51.6 Å². The number of hydrogen-bond acceptors (Lipinski definition) is 3. The summed E-state index contributed by atoms with van der Waals surface area (Å²) in [5.41, 5.74) is 0. The minimum absolute atomic E-state index is 0.0383. The Balaban J connectivity index is 1.91. The number of amides is 1. The Labute approximate surface area is 110 Å². The van der Waals surface area contributed by atoms with Crippen LogP contribution in [0.2, 0.25) is 0 Å². The van der Waals surface area contributed by atoms with E-state index in [9.17, 15) is 9.90 Å². The van der Waals surface area contributed by atoms with Gasteiger partial charge in [-0.1, -0.05) is 13.8 Å². The van der Waals surface area contributed by atoms with Gasteiger partial charge in [0.25, 0.3) is 0 Å². The molecule has 2 saturated heterocycles. The molecule has 0 bridgehead atoms. The van der Waals surface area contributed by atoms with E-state index < -0.39 is 0 Å². The molecular weight excluding hydrogens is 228 g/mol. The second-order valence-corrected chi connectivity index (χ2v) is 5.99. The first-order chi connectivity index (χ1) is 8.63. The van der Waals surface area contributed by atoms with Crippen LogP contribution in [0.4, 0.5) is 0 Å². The van der Waals surface area contributed by atoms with Crippen molar-refractivity contribution in [3.8, 4) is 0 Å². The van der Waals surface area contributed by atoms with E-state index in [-0.39, 0.29) is 18.6 Å². The number of hydrogen-bond donors (Lipinski definition) is 2. The average Bonchev–Trinajstić information content (AvgIpc) is 2.73. The standard InChI is InChI=1S/C14H26N2O2/c1-10-4-3-6-15-12(10)8-14(18)16-7-5-11(2)13(16)9-17/h10-13,15,17H,3-9H2,1-2H3. The first-order valence-electron chi connectivity index (χ1n) is 7.27. The summed E-state index contributed by atoms with van der Waals surface area (Å²) in [6.45, 7) is 6.28. The third kappa shape index (κ3) is 2.86. The Kier molecular flexibility index (Phi) is 4.62. The van der Waals surface area contributed by atoms with E-state index in [1.165, 1.54) is 12.8 Å². The van der Waals surface area contributed by atoms with E-state index in [4.69, 9.17) is 0 Å². The molecule has 0 aromatic heterocycles. The van der Waals surface area contributed by atoms with Gasteiger partial charge < -0.3 is 15.3 Å². The molecular formula is C14H26N2O2. The van der Waals surface area contributed by atoms with E-state index >= 15 is 0 Å².